The number of benzene rings is 1. The molecule has 0 saturated heterocycles. The number of anilines is 2. The fraction of sp³-hybridized carbons (Fsp3) is 0.438. The van der Waals surface area contributed by atoms with Crippen molar-refractivity contribution < 1.29 is 13.2 Å². The molecular formula is C16H20F3N5. The third-order valence-electron chi connectivity index (χ3n) is 3.29. The number of hydrogen-bond donors (Lipinski definition) is 1. The molecule has 0 amide bonds. The summed E-state index contributed by atoms with van der Waals surface area (Å²) in [6, 6.07) is 5.00. The Morgan fingerprint density at radius 1 is 1.04 bits per heavy atom. The van der Waals surface area contributed by atoms with Gasteiger partial charge in [0.15, 0.2) is 0 Å². The molecule has 24 heavy (non-hydrogen) atoms. The predicted molar refractivity (Wildman–Crippen MR) is 87.0 cm³/mol. The van der Waals surface area contributed by atoms with Gasteiger partial charge in [0.25, 0.3) is 0 Å². The van der Waals surface area contributed by atoms with Crippen LogP contribution < -0.4 is 10.2 Å². The lowest BCUT2D eigenvalue weighted by Crippen LogP contribution is -2.17. The van der Waals surface area contributed by atoms with Crippen molar-refractivity contribution in [1.29, 1.82) is 0 Å². The molecule has 2 aromatic rings. The molecule has 0 spiro atoms. The number of aromatic nitrogens is 3. The van der Waals surface area contributed by atoms with Crippen LogP contribution in [0, 0.1) is 0 Å². The average Bonchev–Trinajstić information content (AvgIpc) is 2.52. The van der Waals surface area contributed by atoms with Crippen LogP contribution in [0.25, 0.3) is 0 Å². The SMILES string of the molecule is CC(C)c1nc(NCc2ccc(C(F)(F)F)cc2)nc(N(C)C)n1. The molecule has 8 heteroatoms. The molecule has 0 bridgehead atoms. The van der Waals surface area contributed by atoms with E-state index in [1.54, 1.807) is 4.90 Å². The van der Waals surface area contributed by atoms with Crippen LogP contribution in [0.3, 0.4) is 0 Å². The van der Waals surface area contributed by atoms with E-state index >= 15 is 0 Å². The number of alkyl halides is 3. The fourth-order valence-electron chi connectivity index (χ4n) is 1.91. The summed E-state index contributed by atoms with van der Waals surface area (Å²) < 4.78 is 37.7. The average molecular weight is 339 g/mol. The van der Waals surface area contributed by atoms with E-state index in [4.69, 9.17) is 0 Å². The van der Waals surface area contributed by atoms with Crippen molar-refractivity contribution in [2.24, 2.45) is 0 Å². The standard InChI is InChI=1S/C16H20F3N5/c1-10(2)13-21-14(23-15(22-13)24(3)4)20-9-11-5-7-12(8-6-11)16(17,18)19/h5-8,10H,9H2,1-4H3,(H,20,21,22,23). The molecule has 0 fully saturated rings. The van der Waals surface area contributed by atoms with E-state index in [9.17, 15) is 13.2 Å². The first-order chi connectivity index (χ1) is 11.2. The van der Waals surface area contributed by atoms with Crippen LogP contribution in [0.5, 0.6) is 0 Å². The van der Waals surface area contributed by atoms with Crippen LogP contribution in [-0.4, -0.2) is 29.0 Å². The molecule has 0 aliphatic heterocycles. The van der Waals surface area contributed by atoms with Gasteiger partial charge in [0.1, 0.15) is 5.82 Å². The Hall–Kier alpha value is -2.38. The molecule has 1 N–H and O–H groups in total. The van der Waals surface area contributed by atoms with Crippen molar-refractivity contribution in [1.82, 2.24) is 15.0 Å². The Balaban J connectivity index is 2.13. The van der Waals surface area contributed by atoms with E-state index in [1.165, 1.54) is 12.1 Å². The van der Waals surface area contributed by atoms with Gasteiger partial charge in [-0.3, -0.25) is 0 Å². The molecule has 1 heterocycles. The third-order valence-corrected chi connectivity index (χ3v) is 3.29. The summed E-state index contributed by atoms with van der Waals surface area (Å²) >= 11 is 0. The highest BCUT2D eigenvalue weighted by Crippen LogP contribution is 2.29. The highest BCUT2D eigenvalue weighted by molar-refractivity contribution is 5.37. The van der Waals surface area contributed by atoms with Gasteiger partial charge in [0.05, 0.1) is 5.56 Å². The summed E-state index contributed by atoms with van der Waals surface area (Å²) in [7, 11) is 3.66. The summed E-state index contributed by atoms with van der Waals surface area (Å²) in [5, 5.41) is 3.04. The van der Waals surface area contributed by atoms with Crippen molar-refractivity contribution in [3.63, 3.8) is 0 Å². The topological polar surface area (TPSA) is 53.9 Å². The minimum atomic E-state index is -4.33. The summed E-state index contributed by atoms with van der Waals surface area (Å²) in [6.07, 6.45) is -4.33. The molecule has 2 rings (SSSR count). The Morgan fingerprint density at radius 2 is 1.67 bits per heavy atom. The largest absolute Gasteiger partial charge is 0.416 e. The molecule has 1 aromatic carbocycles. The minimum Gasteiger partial charge on any atom is -0.350 e. The second-order valence-electron chi connectivity index (χ2n) is 5.91. The molecule has 1 aromatic heterocycles. The molecule has 0 aliphatic rings. The summed E-state index contributed by atoms with van der Waals surface area (Å²) in [6.45, 7) is 4.29. The zero-order valence-electron chi connectivity index (χ0n) is 14.0. The maximum Gasteiger partial charge on any atom is 0.416 e. The third kappa shape index (κ3) is 4.56. The summed E-state index contributed by atoms with van der Waals surface area (Å²) in [4.78, 5) is 14.8. The van der Waals surface area contributed by atoms with Gasteiger partial charge < -0.3 is 10.2 Å². The smallest absolute Gasteiger partial charge is 0.350 e. The first-order valence-electron chi connectivity index (χ1n) is 7.50. The van der Waals surface area contributed by atoms with Crippen molar-refractivity contribution in [2.45, 2.75) is 32.5 Å². The Kier molecular flexibility index (Phi) is 5.26. The van der Waals surface area contributed by atoms with Crippen LogP contribution in [0.15, 0.2) is 24.3 Å². The van der Waals surface area contributed by atoms with Crippen LogP contribution in [0.2, 0.25) is 0 Å². The van der Waals surface area contributed by atoms with Crippen LogP contribution in [0.4, 0.5) is 25.1 Å². The van der Waals surface area contributed by atoms with E-state index in [0.29, 0.717) is 29.8 Å². The van der Waals surface area contributed by atoms with E-state index in [2.05, 4.69) is 20.3 Å². The van der Waals surface area contributed by atoms with E-state index in [0.717, 1.165) is 12.1 Å². The predicted octanol–water partition coefficient (Wildman–Crippen LogP) is 3.69. The lowest BCUT2D eigenvalue weighted by molar-refractivity contribution is -0.137. The van der Waals surface area contributed by atoms with Gasteiger partial charge in [0.2, 0.25) is 11.9 Å². The monoisotopic (exact) mass is 339 g/mol. The normalized spacial score (nSPS) is 11.7. The highest BCUT2D eigenvalue weighted by atomic mass is 19.4. The van der Waals surface area contributed by atoms with Crippen molar-refractivity contribution in [3.05, 3.63) is 41.2 Å². The van der Waals surface area contributed by atoms with Gasteiger partial charge in [-0.15, -0.1) is 0 Å². The number of halogens is 3. The maximum atomic E-state index is 12.6. The van der Waals surface area contributed by atoms with Crippen molar-refractivity contribution in [3.8, 4) is 0 Å². The van der Waals surface area contributed by atoms with E-state index in [-0.39, 0.29) is 5.92 Å². The highest BCUT2D eigenvalue weighted by Gasteiger charge is 2.29. The van der Waals surface area contributed by atoms with Gasteiger partial charge in [-0.1, -0.05) is 26.0 Å². The van der Waals surface area contributed by atoms with Crippen LogP contribution in [-0.2, 0) is 12.7 Å². The zero-order valence-corrected chi connectivity index (χ0v) is 14.0. The van der Waals surface area contributed by atoms with Crippen LogP contribution in [0.1, 0.15) is 36.7 Å². The van der Waals surface area contributed by atoms with Crippen LogP contribution >= 0.6 is 0 Å². The zero-order chi connectivity index (χ0) is 17.9. The Bertz CT molecular complexity index is 655. The van der Waals surface area contributed by atoms with Gasteiger partial charge in [-0.2, -0.15) is 28.1 Å². The molecule has 0 unspecified atom stereocenters. The summed E-state index contributed by atoms with van der Waals surface area (Å²) in [5.41, 5.74) is 0.0457. The van der Waals surface area contributed by atoms with Gasteiger partial charge in [-0.05, 0) is 17.7 Å². The molecule has 0 radical (unpaired) electrons. The van der Waals surface area contributed by atoms with E-state index < -0.39 is 11.7 Å². The lowest BCUT2D eigenvalue weighted by Gasteiger charge is -2.15. The molecule has 0 saturated carbocycles. The van der Waals surface area contributed by atoms with Gasteiger partial charge in [-0.25, -0.2) is 0 Å². The number of rotatable bonds is 5. The van der Waals surface area contributed by atoms with Crippen molar-refractivity contribution in [2.75, 3.05) is 24.3 Å². The second kappa shape index (κ2) is 7.02. The van der Waals surface area contributed by atoms with Crippen molar-refractivity contribution >= 4 is 11.9 Å². The summed E-state index contributed by atoms with van der Waals surface area (Å²) in [5.74, 6) is 1.72. The number of hydrogen-bond acceptors (Lipinski definition) is 5. The van der Waals surface area contributed by atoms with Gasteiger partial charge >= 0.3 is 6.18 Å². The fourth-order valence-corrected chi connectivity index (χ4v) is 1.91. The Morgan fingerprint density at radius 3 is 2.17 bits per heavy atom. The Labute approximate surface area is 139 Å². The molecule has 5 nitrogen and oxygen atoms in total. The molecule has 0 atom stereocenters. The maximum absolute atomic E-state index is 12.6. The lowest BCUT2D eigenvalue weighted by atomic mass is 10.1. The van der Waals surface area contributed by atoms with Gasteiger partial charge in [0, 0.05) is 26.6 Å². The molecular weight excluding hydrogens is 319 g/mol. The number of nitrogens with zero attached hydrogens (tertiary/aromatic N) is 4. The number of nitrogens with one attached hydrogen (secondary N) is 1. The minimum absolute atomic E-state index is 0.137. The quantitative estimate of drug-likeness (QED) is 0.900. The first-order valence-corrected chi connectivity index (χ1v) is 7.50. The van der Waals surface area contributed by atoms with E-state index in [1.807, 2.05) is 27.9 Å². The molecule has 0 aliphatic carbocycles. The first kappa shape index (κ1) is 18.0. The second-order valence-corrected chi connectivity index (χ2v) is 5.91. The molecule has 130 valence electrons.